The number of rotatable bonds is 2. The minimum atomic E-state index is -4.52. The van der Waals surface area contributed by atoms with Gasteiger partial charge in [0, 0.05) is 0 Å². The van der Waals surface area contributed by atoms with Gasteiger partial charge in [0.2, 0.25) is 0 Å². The summed E-state index contributed by atoms with van der Waals surface area (Å²) < 4.78 is 52.4. The highest BCUT2D eigenvalue weighted by Crippen LogP contribution is 2.34. The van der Waals surface area contributed by atoms with Gasteiger partial charge in [0.15, 0.2) is 5.13 Å². The van der Waals surface area contributed by atoms with Crippen LogP contribution in [0.2, 0.25) is 0 Å². The molecule has 108 valence electrons. The minimum Gasteiger partial charge on any atom is -0.329 e. The zero-order valence-corrected chi connectivity index (χ0v) is 11.2. The first-order valence-corrected chi connectivity index (χ1v) is 6.74. The van der Waals surface area contributed by atoms with Crippen LogP contribution in [0.3, 0.4) is 0 Å². The number of hydrogen-bond donors (Lipinski definition) is 1. The highest BCUT2D eigenvalue weighted by Gasteiger charge is 2.31. The SMILES string of the molecule is Fc1ccc(C(F)(F)F)cc1Nc1nc2ccccc2s1. The number of nitrogens with one attached hydrogen (secondary N) is 1. The number of halogens is 4. The van der Waals surface area contributed by atoms with E-state index in [1.165, 1.54) is 11.3 Å². The second kappa shape index (κ2) is 5.00. The number of fused-ring (bicyclic) bond motifs is 1. The van der Waals surface area contributed by atoms with Crippen molar-refractivity contribution in [2.75, 3.05) is 5.32 Å². The van der Waals surface area contributed by atoms with E-state index in [-0.39, 0.29) is 5.69 Å². The molecule has 0 fully saturated rings. The maximum absolute atomic E-state index is 13.6. The molecule has 1 heterocycles. The van der Waals surface area contributed by atoms with E-state index in [9.17, 15) is 17.6 Å². The molecule has 0 spiro atoms. The van der Waals surface area contributed by atoms with Crippen LogP contribution >= 0.6 is 11.3 Å². The number of benzene rings is 2. The Balaban J connectivity index is 1.97. The topological polar surface area (TPSA) is 24.9 Å². The summed E-state index contributed by atoms with van der Waals surface area (Å²) in [4.78, 5) is 4.20. The lowest BCUT2D eigenvalue weighted by Crippen LogP contribution is -2.06. The van der Waals surface area contributed by atoms with Gasteiger partial charge in [0.05, 0.1) is 21.5 Å². The lowest BCUT2D eigenvalue weighted by molar-refractivity contribution is -0.137. The monoisotopic (exact) mass is 312 g/mol. The van der Waals surface area contributed by atoms with Crippen LogP contribution in [0.15, 0.2) is 42.5 Å². The van der Waals surface area contributed by atoms with Crippen molar-refractivity contribution in [2.45, 2.75) is 6.18 Å². The van der Waals surface area contributed by atoms with E-state index in [0.29, 0.717) is 16.7 Å². The Kier molecular flexibility index (Phi) is 3.29. The molecule has 1 aromatic heterocycles. The Labute approximate surface area is 121 Å². The fraction of sp³-hybridized carbons (Fsp3) is 0.0714. The lowest BCUT2D eigenvalue weighted by Gasteiger charge is -2.10. The molecule has 0 saturated heterocycles. The molecular weight excluding hydrogens is 304 g/mol. The molecule has 0 unspecified atom stereocenters. The molecule has 2 nitrogen and oxygen atoms in total. The van der Waals surface area contributed by atoms with Crippen LogP contribution < -0.4 is 5.32 Å². The standard InChI is InChI=1S/C14H8F4N2S/c15-9-6-5-8(14(16,17)18)7-11(9)20-13-19-10-3-1-2-4-12(10)21-13/h1-7H,(H,19,20). The number of thiazole rings is 1. The van der Waals surface area contributed by atoms with Crippen molar-refractivity contribution in [1.82, 2.24) is 4.98 Å². The summed E-state index contributed by atoms with van der Waals surface area (Å²) in [5.74, 6) is -0.762. The molecule has 3 aromatic rings. The number of hydrogen-bond acceptors (Lipinski definition) is 3. The first kappa shape index (κ1) is 13.8. The molecule has 0 aliphatic carbocycles. The zero-order valence-electron chi connectivity index (χ0n) is 10.4. The molecule has 0 aliphatic rings. The molecule has 0 saturated carbocycles. The van der Waals surface area contributed by atoms with Crippen molar-refractivity contribution >= 4 is 32.4 Å². The highest BCUT2D eigenvalue weighted by molar-refractivity contribution is 7.22. The van der Waals surface area contributed by atoms with Crippen LogP contribution in [-0.2, 0) is 6.18 Å². The summed E-state index contributed by atoms with van der Waals surface area (Å²) in [5, 5.41) is 2.95. The summed E-state index contributed by atoms with van der Waals surface area (Å²) >= 11 is 1.24. The lowest BCUT2D eigenvalue weighted by atomic mass is 10.2. The number of nitrogens with zero attached hydrogens (tertiary/aromatic N) is 1. The van der Waals surface area contributed by atoms with Crippen molar-refractivity contribution in [3.8, 4) is 0 Å². The van der Waals surface area contributed by atoms with Gasteiger partial charge in [-0.2, -0.15) is 13.2 Å². The summed E-state index contributed by atoms with van der Waals surface area (Å²) in [6.45, 7) is 0. The molecule has 0 amide bonds. The van der Waals surface area contributed by atoms with Crippen LogP contribution in [0.25, 0.3) is 10.2 Å². The number of alkyl halides is 3. The van der Waals surface area contributed by atoms with Gasteiger partial charge in [-0.05, 0) is 30.3 Å². The largest absolute Gasteiger partial charge is 0.416 e. The second-order valence-electron chi connectivity index (χ2n) is 4.30. The molecule has 0 atom stereocenters. The van der Waals surface area contributed by atoms with E-state index in [4.69, 9.17) is 0 Å². The average molecular weight is 312 g/mol. The van der Waals surface area contributed by atoms with E-state index >= 15 is 0 Å². The number of aromatic nitrogens is 1. The third-order valence-corrected chi connectivity index (χ3v) is 3.78. The Hall–Kier alpha value is -2.15. The van der Waals surface area contributed by atoms with Crippen LogP contribution in [-0.4, -0.2) is 4.98 Å². The van der Waals surface area contributed by atoms with Gasteiger partial charge >= 0.3 is 6.18 Å². The Morgan fingerprint density at radius 1 is 1.05 bits per heavy atom. The molecule has 0 bridgehead atoms. The van der Waals surface area contributed by atoms with Crippen molar-refractivity contribution in [3.05, 3.63) is 53.8 Å². The van der Waals surface area contributed by atoms with Gasteiger partial charge in [-0.1, -0.05) is 23.5 Å². The molecular formula is C14H8F4N2S. The Morgan fingerprint density at radius 3 is 2.52 bits per heavy atom. The van der Waals surface area contributed by atoms with Crippen LogP contribution in [0.1, 0.15) is 5.56 Å². The quantitative estimate of drug-likeness (QED) is 0.658. The highest BCUT2D eigenvalue weighted by atomic mass is 32.1. The van der Waals surface area contributed by atoms with Crippen molar-refractivity contribution in [1.29, 1.82) is 0 Å². The predicted molar refractivity (Wildman–Crippen MR) is 74.3 cm³/mol. The maximum atomic E-state index is 13.6. The molecule has 3 rings (SSSR count). The predicted octanol–water partition coefficient (Wildman–Crippen LogP) is 5.20. The van der Waals surface area contributed by atoms with E-state index in [2.05, 4.69) is 10.3 Å². The third kappa shape index (κ3) is 2.82. The van der Waals surface area contributed by atoms with Gasteiger partial charge in [0.25, 0.3) is 0 Å². The van der Waals surface area contributed by atoms with Crippen LogP contribution in [0, 0.1) is 5.82 Å². The number of anilines is 2. The zero-order chi connectivity index (χ0) is 15.0. The molecule has 7 heteroatoms. The van der Waals surface area contributed by atoms with Gasteiger partial charge < -0.3 is 5.32 Å². The fourth-order valence-corrected chi connectivity index (χ4v) is 2.72. The van der Waals surface area contributed by atoms with E-state index < -0.39 is 17.6 Å². The molecule has 1 N–H and O–H groups in total. The molecule has 2 aromatic carbocycles. The van der Waals surface area contributed by atoms with Crippen molar-refractivity contribution in [2.24, 2.45) is 0 Å². The number of para-hydroxylation sites is 1. The Morgan fingerprint density at radius 2 is 1.81 bits per heavy atom. The molecule has 0 aliphatic heterocycles. The van der Waals surface area contributed by atoms with Gasteiger partial charge in [-0.15, -0.1) is 0 Å². The first-order chi connectivity index (χ1) is 9.93. The minimum absolute atomic E-state index is 0.246. The Bertz CT molecular complexity index is 762. The first-order valence-electron chi connectivity index (χ1n) is 5.93. The summed E-state index contributed by atoms with van der Waals surface area (Å²) in [7, 11) is 0. The van der Waals surface area contributed by atoms with Gasteiger partial charge in [-0.25, -0.2) is 9.37 Å². The van der Waals surface area contributed by atoms with Gasteiger partial charge in [-0.3, -0.25) is 0 Å². The van der Waals surface area contributed by atoms with Crippen LogP contribution in [0.5, 0.6) is 0 Å². The maximum Gasteiger partial charge on any atom is 0.416 e. The van der Waals surface area contributed by atoms with Crippen molar-refractivity contribution < 1.29 is 17.6 Å². The fourth-order valence-electron chi connectivity index (χ4n) is 1.84. The smallest absolute Gasteiger partial charge is 0.329 e. The van der Waals surface area contributed by atoms with Gasteiger partial charge in [0.1, 0.15) is 5.82 Å². The average Bonchev–Trinajstić information content (AvgIpc) is 2.82. The second-order valence-corrected chi connectivity index (χ2v) is 5.33. The third-order valence-electron chi connectivity index (χ3n) is 2.83. The normalized spacial score (nSPS) is 11.8. The summed E-state index contributed by atoms with van der Waals surface area (Å²) in [5.41, 5.74) is -0.450. The summed E-state index contributed by atoms with van der Waals surface area (Å²) in [6, 6.07) is 9.48. The molecule has 0 radical (unpaired) electrons. The van der Waals surface area contributed by atoms with Crippen LogP contribution in [0.4, 0.5) is 28.4 Å². The van der Waals surface area contributed by atoms with E-state index in [1.807, 2.05) is 12.1 Å². The van der Waals surface area contributed by atoms with E-state index in [1.54, 1.807) is 12.1 Å². The molecule has 21 heavy (non-hydrogen) atoms. The van der Waals surface area contributed by atoms with E-state index in [0.717, 1.165) is 16.8 Å². The van der Waals surface area contributed by atoms with Crippen molar-refractivity contribution in [3.63, 3.8) is 0 Å². The summed E-state index contributed by atoms with van der Waals surface area (Å²) in [6.07, 6.45) is -4.52.